The summed E-state index contributed by atoms with van der Waals surface area (Å²) >= 11 is 3.17. The van der Waals surface area contributed by atoms with Crippen LogP contribution in [0.5, 0.6) is 11.8 Å². The minimum absolute atomic E-state index is 0.0425. The Balaban J connectivity index is 2.15. The minimum Gasteiger partial charge on any atom is -0.423 e. The van der Waals surface area contributed by atoms with Crippen LogP contribution in [0.2, 0.25) is 0 Å². The summed E-state index contributed by atoms with van der Waals surface area (Å²) in [6, 6.07) is 5.18. The van der Waals surface area contributed by atoms with E-state index in [1.54, 1.807) is 13.0 Å². The van der Waals surface area contributed by atoms with Gasteiger partial charge in [-0.05, 0) is 35.0 Å². The molecule has 0 aliphatic heterocycles. The van der Waals surface area contributed by atoms with Gasteiger partial charge in [-0.1, -0.05) is 0 Å². The van der Waals surface area contributed by atoms with Crippen molar-refractivity contribution in [1.82, 2.24) is 19.5 Å². The van der Waals surface area contributed by atoms with E-state index in [4.69, 9.17) is 4.74 Å². The van der Waals surface area contributed by atoms with Crippen LogP contribution in [0.3, 0.4) is 0 Å². The van der Waals surface area contributed by atoms with Crippen LogP contribution in [0.4, 0.5) is 4.39 Å². The van der Waals surface area contributed by atoms with E-state index in [2.05, 4.69) is 30.9 Å². The fourth-order valence-corrected chi connectivity index (χ4v) is 2.44. The zero-order valence-electron chi connectivity index (χ0n) is 12.3. The molecule has 0 saturated heterocycles. The first-order valence-electron chi connectivity index (χ1n) is 6.73. The molecular weight excluding hydrogens is 383 g/mol. The van der Waals surface area contributed by atoms with Crippen molar-refractivity contribution in [2.24, 2.45) is 0 Å². The van der Waals surface area contributed by atoms with Gasteiger partial charge in [0.15, 0.2) is 0 Å². The van der Waals surface area contributed by atoms with Crippen molar-refractivity contribution in [2.75, 3.05) is 0 Å². The summed E-state index contributed by atoms with van der Waals surface area (Å²) in [5.41, 5.74) is -1.26. The van der Waals surface area contributed by atoms with Crippen molar-refractivity contribution in [2.45, 2.75) is 6.92 Å². The van der Waals surface area contributed by atoms with Crippen LogP contribution in [0.1, 0.15) is 5.69 Å². The molecule has 0 atom stereocenters. The summed E-state index contributed by atoms with van der Waals surface area (Å²) in [6.07, 6.45) is 2.96. The van der Waals surface area contributed by atoms with Crippen molar-refractivity contribution in [3.05, 3.63) is 73.5 Å². The number of H-pyrrole nitrogens is 1. The Morgan fingerprint density at radius 3 is 2.58 bits per heavy atom. The maximum atomic E-state index is 14.3. The van der Waals surface area contributed by atoms with Crippen LogP contribution in [-0.2, 0) is 0 Å². The van der Waals surface area contributed by atoms with Crippen LogP contribution in [0.15, 0.2) is 50.7 Å². The molecule has 0 aliphatic carbocycles. The third-order valence-corrected chi connectivity index (χ3v) is 3.67. The first-order valence-corrected chi connectivity index (χ1v) is 7.52. The van der Waals surface area contributed by atoms with E-state index >= 15 is 0 Å². The molecule has 0 unspecified atom stereocenters. The van der Waals surface area contributed by atoms with Crippen LogP contribution in [-0.4, -0.2) is 19.5 Å². The van der Waals surface area contributed by atoms with Crippen molar-refractivity contribution in [3.63, 3.8) is 0 Å². The fourth-order valence-electron chi connectivity index (χ4n) is 2.04. The number of halogens is 2. The highest BCUT2D eigenvalue weighted by Crippen LogP contribution is 2.31. The lowest BCUT2D eigenvalue weighted by Gasteiger charge is -2.11. The first kappa shape index (κ1) is 16.1. The van der Waals surface area contributed by atoms with Crippen molar-refractivity contribution in [3.8, 4) is 17.4 Å². The average Bonchev–Trinajstić information content (AvgIpc) is 2.51. The Morgan fingerprint density at radius 2 is 1.92 bits per heavy atom. The second-order valence-electron chi connectivity index (χ2n) is 4.80. The topological polar surface area (TPSA) is 89.9 Å². The first-order chi connectivity index (χ1) is 11.5. The molecule has 7 nitrogen and oxygen atoms in total. The number of aromatic amines is 1. The summed E-state index contributed by atoms with van der Waals surface area (Å²) in [6.45, 7) is 1.56. The summed E-state index contributed by atoms with van der Waals surface area (Å²) < 4.78 is 20.7. The van der Waals surface area contributed by atoms with E-state index in [-0.39, 0.29) is 21.9 Å². The van der Waals surface area contributed by atoms with E-state index < -0.39 is 17.1 Å². The van der Waals surface area contributed by atoms with Crippen LogP contribution in [0.25, 0.3) is 5.69 Å². The van der Waals surface area contributed by atoms with E-state index in [0.29, 0.717) is 10.3 Å². The molecule has 0 bridgehead atoms. The molecule has 1 N–H and O–H groups in total. The van der Waals surface area contributed by atoms with Gasteiger partial charge in [0, 0.05) is 30.2 Å². The molecule has 0 spiro atoms. The molecule has 0 fully saturated rings. The molecule has 0 amide bonds. The molecule has 3 rings (SSSR count). The normalized spacial score (nSPS) is 10.6. The van der Waals surface area contributed by atoms with Crippen molar-refractivity contribution >= 4 is 15.9 Å². The molecular formula is C15H10BrFN4O3. The Labute approximate surface area is 142 Å². The van der Waals surface area contributed by atoms with E-state index in [1.807, 2.05) is 0 Å². The molecule has 3 aromatic rings. The highest BCUT2D eigenvalue weighted by Gasteiger charge is 2.16. The van der Waals surface area contributed by atoms with Gasteiger partial charge in [-0.2, -0.15) is 0 Å². The van der Waals surface area contributed by atoms with Crippen LogP contribution < -0.4 is 16.0 Å². The number of aromatic nitrogens is 4. The monoisotopic (exact) mass is 392 g/mol. The van der Waals surface area contributed by atoms with Gasteiger partial charge in [-0.15, -0.1) is 0 Å². The summed E-state index contributed by atoms with van der Waals surface area (Å²) in [5.74, 6) is -0.607. The fraction of sp³-hybridized carbons (Fsp3) is 0.0667. The number of nitrogens with zero attached hydrogens (tertiary/aromatic N) is 3. The maximum absolute atomic E-state index is 14.3. The minimum atomic E-state index is -0.764. The predicted molar refractivity (Wildman–Crippen MR) is 87.2 cm³/mol. The molecule has 0 saturated carbocycles. The largest absolute Gasteiger partial charge is 0.423 e. The Hall–Kier alpha value is -2.81. The molecule has 0 aliphatic rings. The number of benzene rings is 1. The standard InChI is InChI=1S/C15H10BrFN4O3/c1-8-5-13(22)21(15(23)20-8)11-7-12(9(16)6-10(11)17)24-14-18-3-2-4-19-14/h2-7H,1H3,(H,20,23). The summed E-state index contributed by atoms with van der Waals surface area (Å²) in [4.78, 5) is 34.4. The quantitative estimate of drug-likeness (QED) is 0.738. The lowest BCUT2D eigenvalue weighted by molar-refractivity contribution is 0.437. The number of aryl methyl sites for hydroxylation is 1. The van der Waals surface area contributed by atoms with Crippen LogP contribution >= 0.6 is 15.9 Å². The number of rotatable bonds is 3. The van der Waals surface area contributed by atoms with Gasteiger partial charge in [0.25, 0.3) is 5.56 Å². The highest BCUT2D eigenvalue weighted by molar-refractivity contribution is 9.10. The predicted octanol–water partition coefficient (Wildman–Crippen LogP) is 2.32. The average molecular weight is 393 g/mol. The molecule has 9 heteroatoms. The second-order valence-corrected chi connectivity index (χ2v) is 5.65. The van der Waals surface area contributed by atoms with Gasteiger partial charge >= 0.3 is 11.7 Å². The lowest BCUT2D eigenvalue weighted by Crippen LogP contribution is -2.34. The zero-order valence-corrected chi connectivity index (χ0v) is 13.9. The molecule has 1 aromatic carbocycles. The smallest absolute Gasteiger partial charge is 0.333 e. The summed E-state index contributed by atoms with van der Waals surface area (Å²) in [7, 11) is 0. The van der Waals surface area contributed by atoms with Crippen LogP contribution in [0, 0.1) is 12.7 Å². The second kappa shape index (κ2) is 6.36. The van der Waals surface area contributed by atoms with Gasteiger partial charge in [-0.3, -0.25) is 4.79 Å². The van der Waals surface area contributed by atoms with E-state index in [9.17, 15) is 14.0 Å². The molecule has 24 heavy (non-hydrogen) atoms. The molecule has 122 valence electrons. The van der Waals surface area contributed by atoms with Gasteiger partial charge in [0.05, 0.1) is 10.2 Å². The maximum Gasteiger partial charge on any atom is 0.333 e. The Morgan fingerprint density at radius 1 is 1.21 bits per heavy atom. The lowest BCUT2D eigenvalue weighted by atomic mass is 10.2. The third-order valence-electron chi connectivity index (χ3n) is 3.05. The van der Waals surface area contributed by atoms with E-state index in [1.165, 1.54) is 24.5 Å². The molecule has 2 aromatic heterocycles. The number of hydrogen-bond acceptors (Lipinski definition) is 5. The van der Waals surface area contributed by atoms with Crippen molar-refractivity contribution < 1.29 is 9.13 Å². The Kier molecular flexibility index (Phi) is 4.26. The zero-order chi connectivity index (χ0) is 17.3. The SMILES string of the molecule is Cc1cc(=O)n(-c2cc(Oc3ncccn3)c(Br)cc2F)c(=O)[nH]1. The highest BCUT2D eigenvalue weighted by atomic mass is 79.9. The van der Waals surface area contributed by atoms with E-state index in [0.717, 1.165) is 6.07 Å². The molecule has 2 heterocycles. The molecule has 0 radical (unpaired) electrons. The van der Waals surface area contributed by atoms with Crippen molar-refractivity contribution in [1.29, 1.82) is 0 Å². The number of hydrogen-bond donors (Lipinski definition) is 1. The van der Waals surface area contributed by atoms with Gasteiger partial charge in [-0.25, -0.2) is 23.7 Å². The number of nitrogens with one attached hydrogen (secondary N) is 1. The van der Waals surface area contributed by atoms with Gasteiger partial charge in [0.2, 0.25) is 0 Å². The number of ether oxygens (including phenoxy) is 1. The third kappa shape index (κ3) is 3.11. The summed E-state index contributed by atoms with van der Waals surface area (Å²) in [5, 5.41) is 0. The van der Waals surface area contributed by atoms with Gasteiger partial charge in [0.1, 0.15) is 11.6 Å². The Bertz CT molecular complexity index is 986. The van der Waals surface area contributed by atoms with Gasteiger partial charge < -0.3 is 9.72 Å².